The fourth-order valence-electron chi connectivity index (χ4n) is 5.90. The Hall–Kier alpha value is -1.95. The molecule has 0 bridgehead atoms. The van der Waals surface area contributed by atoms with Crippen molar-refractivity contribution >= 4 is 11.9 Å². The van der Waals surface area contributed by atoms with Gasteiger partial charge in [0.25, 0.3) is 5.91 Å². The zero-order chi connectivity index (χ0) is 21.2. The van der Waals surface area contributed by atoms with Gasteiger partial charge in [0.1, 0.15) is 5.54 Å². The Morgan fingerprint density at radius 2 is 2.07 bits per heavy atom. The third kappa shape index (κ3) is 4.53. The average Bonchev–Trinajstić information content (AvgIpc) is 3.21. The van der Waals surface area contributed by atoms with Crippen LogP contribution in [0.15, 0.2) is 29.5 Å². The van der Waals surface area contributed by atoms with Crippen LogP contribution in [0.25, 0.3) is 0 Å². The lowest BCUT2D eigenvalue weighted by atomic mass is 9.72. The molecule has 2 aliphatic heterocycles. The Balaban J connectivity index is 1.45. The Bertz CT molecular complexity index is 775. The van der Waals surface area contributed by atoms with Crippen molar-refractivity contribution < 1.29 is 4.79 Å². The summed E-state index contributed by atoms with van der Waals surface area (Å²) in [5.74, 6) is 1.23. The number of likely N-dealkylation sites (N-methyl/N-ethyl adjacent to an activating group) is 1. The van der Waals surface area contributed by atoms with Crippen molar-refractivity contribution in [3.8, 4) is 0 Å². The van der Waals surface area contributed by atoms with Gasteiger partial charge in [-0.1, -0.05) is 45.1 Å². The van der Waals surface area contributed by atoms with Crippen LogP contribution in [0.1, 0.15) is 70.3 Å². The van der Waals surface area contributed by atoms with Crippen molar-refractivity contribution in [1.29, 1.82) is 0 Å². The predicted molar refractivity (Wildman–Crippen MR) is 120 cm³/mol. The Morgan fingerprint density at radius 3 is 2.73 bits per heavy atom. The maximum Gasteiger partial charge on any atom is 0.257 e. The maximum absolute atomic E-state index is 13.3. The van der Waals surface area contributed by atoms with E-state index in [1.54, 1.807) is 11.9 Å². The number of amides is 1. The highest BCUT2D eigenvalue weighted by Crippen LogP contribution is 2.44. The van der Waals surface area contributed by atoms with E-state index in [2.05, 4.69) is 22.9 Å². The van der Waals surface area contributed by atoms with E-state index in [1.807, 2.05) is 18.5 Å². The molecule has 1 aromatic rings. The molecule has 164 valence electrons. The van der Waals surface area contributed by atoms with Crippen LogP contribution < -0.4 is 5.73 Å². The maximum atomic E-state index is 13.3. The minimum Gasteiger partial charge on any atom is -0.369 e. The molecular formula is C24H37N5O. The lowest BCUT2D eigenvalue weighted by molar-refractivity contribution is -0.131. The summed E-state index contributed by atoms with van der Waals surface area (Å²) < 4.78 is 0. The van der Waals surface area contributed by atoms with Gasteiger partial charge in [-0.3, -0.25) is 19.6 Å². The van der Waals surface area contributed by atoms with E-state index in [0.29, 0.717) is 5.96 Å². The molecule has 30 heavy (non-hydrogen) atoms. The number of nitrogens with zero attached hydrogens (tertiary/aromatic N) is 4. The van der Waals surface area contributed by atoms with Crippen LogP contribution in [0, 0.1) is 11.3 Å². The van der Waals surface area contributed by atoms with Crippen LogP contribution in [0.4, 0.5) is 0 Å². The number of likely N-dealkylation sites (tertiary alicyclic amines) is 1. The number of guanidine groups is 1. The third-order valence-electron chi connectivity index (χ3n) is 7.55. The molecule has 1 aromatic heterocycles. The minimum absolute atomic E-state index is 0.0688. The van der Waals surface area contributed by atoms with Crippen molar-refractivity contribution in [3.63, 3.8) is 0 Å². The van der Waals surface area contributed by atoms with E-state index in [4.69, 9.17) is 10.7 Å². The molecule has 2 N–H and O–H groups in total. The number of carbonyl (C=O) groups excluding carboxylic acids is 1. The molecule has 4 rings (SSSR count). The van der Waals surface area contributed by atoms with E-state index in [0.717, 1.165) is 51.2 Å². The molecule has 1 saturated heterocycles. The largest absolute Gasteiger partial charge is 0.369 e. The average molecular weight is 412 g/mol. The van der Waals surface area contributed by atoms with E-state index in [-0.39, 0.29) is 11.3 Å². The normalized spacial score (nSPS) is 30.8. The Labute approximate surface area is 180 Å². The first-order valence-electron chi connectivity index (χ1n) is 11.6. The first-order chi connectivity index (χ1) is 14.4. The number of carbonyl (C=O) groups is 1. The summed E-state index contributed by atoms with van der Waals surface area (Å²) in [7, 11) is 1.77. The van der Waals surface area contributed by atoms with Crippen molar-refractivity contribution in [2.24, 2.45) is 22.1 Å². The molecular weight excluding hydrogens is 374 g/mol. The van der Waals surface area contributed by atoms with Gasteiger partial charge < -0.3 is 5.73 Å². The summed E-state index contributed by atoms with van der Waals surface area (Å²) in [5, 5.41) is 0. The number of hydrogen-bond donors (Lipinski definition) is 1. The summed E-state index contributed by atoms with van der Waals surface area (Å²) in [4.78, 5) is 26.5. The lowest BCUT2D eigenvalue weighted by Crippen LogP contribution is -2.45. The smallest absolute Gasteiger partial charge is 0.257 e. The molecule has 3 aliphatic rings. The predicted octanol–water partition coefficient (Wildman–Crippen LogP) is 3.57. The molecule has 0 spiro atoms. The number of aliphatic imine (C=N–C) groups is 1. The Morgan fingerprint density at radius 1 is 1.27 bits per heavy atom. The molecule has 2 atom stereocenters. The number of nitrogens with two attached hydrogens (primary N) is 1. The van der Waals surface area contributed by atoms with Crippen LogP contribution in [-0.4, -0.2) is 52.3 Å². The summed E-state index contributed by atoms with van der Waals surface area (Å²) in [5.41, 5.74) is 6.78. The molecule has 0 aromatic carbocycles. The lowest BCUT2D eigenvalue weighted by Gasteiger charge is -2.35. The van der Waals surface area contributed by atoms with Gasteiger partial charge >= 0.3 is 0 Å². The highest BCUT2D eigenvalue weighted by Gasteiger charge is 2.51. The third-order valence-corrected chi connectivity index (χ3v) is 7.55. The molecule has 1 aliphatic carbocycles. The standard InChI is InChI=1S/C24H37N5O/c1-23(12-14-29(18-23)16-20-9-6-13-26-15-20)17-24(21(30)28(2)22(25)27-24)11-10-19-7-4-3-5-8-19/h6,9,13,15,19H,3-5,7-8,10-12,14,16-18H2,1-2H3,(H2,25,27)/t23-,24-/m0/s1. The van der Waals surface area contributed by atoms with Crippen LogP contribution in [0.5, 0.6) is 0 Å². The molecule has 1 saturated carbocycles. The zero-order valence-corrected chi connectivity index (χ0v) is 18.6. The molecule has 1 amide bonds. The topological polar surface area (TPSA) is 74.8 Å². The fourth-order valence-corrected chi connectivity index (χ4v) is 5.90. The van der Waals surface area contributed by atoms with Gasteiger partial charge in [-0.25, -0.2) is 4.99 Å². The van der Waals surface area contributed by atoms with Crippen LogP contribution in [0.2, 0.25) is 0 Å². The first kappa shape index (κ1) is 21.3. The van der Waals surface area contributed by atoms with Gasteiger partial charge in [-0.15, -0.1) is 0 Å². The van der Waals surface area contributed by atoms with E-state index >= 15 is 0 Å². The molecule has 3 heterocycles. The highest BCUT2D eigenvalue weighted by atomic mass is 16.2. The van der Waals surface area contributed by atoms with Crippen LogP contribution in [0.3, 0.4) is 0 Å². The number of hydrogen-bond acceptors (Lipinski definition) is 5. The minimum atomic E-state index is -0.671. The van der Waals surface area contributed by atoms with Crippen molar-refractivity contribution in [2.45, 2.75) is 76.8 Å². The summed E-state index contributed by atoms with van der Waals surface area (Å²) >= 11 is 0. The second kappa shape index (κ2) is 8.66. The van der Waals surface area contributed by atoms with Crippen LogP contribution >= 0.6 is 0 Å². The summed E-state index contributed by atoms with van der Waals surface area (Å²) in [6, 6.07) is 4.13. The van der Waals surface area contributed by atoms with E-state index in [9.17, 15) is 4.79 Å². The first-order valence-corrected chi connectivity index (χ1v) is 11.6. The van der Waals surface area contributed by atoms with Crippen LogP contribution in [-0.2, 0) is 11.3 Å². The van der Waals surface area contributed by atoms with Crippen molar-refractivity contribution in [1.82, 2.24) is 14.8 Å². The zero-order valence-electron chi connectivity index (χ0n) is 18.6. The molecule has 6 nitrogen and oxygen atoms in total. The van der Waals surface area contributed by atoms with Gasteiger partial charge in [0.2, 0.25) is 0 Å². The summed E-state index contributed by atoms with van der Waals surface area (Å²) in [6.45, 7) is 5.28. The van der Waals surface area contributed by atoms with Crippen molar-refractivity contribution in [2.75, 3.05) is 20.1 Å². The second-order valence-corrected chi connectivity index (χ2v) is 10.2. The van der Waals surface area contributed by atoms with Crippen molar-refractivity contribution in [3.05, 3.63) is 30.1 Å². The van der Waals surface area contributed by atoms with Gasteiger partial charge in [0.15, 0.2) is 5.96 Å². The highest BCUT2D eigenvalue weighted by molar-refractivity contribution is 6.06. The molecule has 0 radical (unpaired) electrons. The summed E-state index contributed by atoms with van der Waals surface area (Å²) in [6.07, 6.45) is 14.2. The molecule has 2 fully saturated rings. The second-order valence-electron chi connectivity index (χ2n) is 10.2. The van der Waals surface area contributed by atoms with Gasteiger partial charge in [-0.2, -0.15) is 0 Å². The molecule has 6 heteroatoms. The number of aromatic nitrogens is 1. The van der Waals surface area contributed by atoms with Gasteiger partial charge in [-0.05, 0) is 55.2 Å². The van der Waals surface area contributed by atoms with E-state index < -0.39 is 5.54 Å². The SMILES string of the molecule is CN1C(=O)[C@](CCC2CCCCC2)(C[C@]2(C)CCN(Cc3cccnc3)C2)N=C1N. The van der Waals surface area contributed by atoms with E-state index in [1.165, 1.54) is 37.7 Å². The Kier molecular flexibility index (Phi) is 6.14. The monoisotopic (exact) mass is 411 g/mol. The van der Waals surface area contributed by atoms with Gasteiger partial charge in [0, 0.05) is 32.5 Å². The number of rotatable bonds is 7. The quantitative estimate of drug-likeness (QED) is 0.744. The fraction of sp³-hybridized carbons (Fsp3) is 0.708. The molecule has 0 unspecified atom stereocenters. The number of pyridine rings is 1. The van der Waals surface area contributed by atoms with Gasteiger partial charge in [0.05, 0.1) is 0 Å².